The Balaban J connectivity index is 2.06. The van der Waals surface area contributed by atoms with E-state index in [0.29, 0.717) is 0 Å². The first kappa shape index (κ1) is 10.7. The van der Waals surface area contributed by atoms with Crippen LogP contribution < -0.4 is 5.32 Å². The van der Waals surface area contributed by atoms with E-state index in [2.05, 4.69) is 24.4 Å². The molecule has 1 rings (SSSR count). The second-order valence-corrected chi connectivity index (χ2v) is 4.26. The average Bonchev–Trinajstić information content (AvgIpc) is 2.51. The molecular formula is C10H17NOS. The lowest BCUT2D eigenvalue weighted by molar-refractivity contribution is 0.149. The van der Waals surface area contributed by atoms with Gasteiger partial charge in [-0.1, -0.05) is 0 Å². The fourth-order valence-electron chi connectivity index (χ4n) is 1.08. The fourth-order valence-corrected chi connectivity index (χ4v) is 1.94. The molecule has 0 amide bonds. The Kier molecular flexibility index (Phi) is 5.05. The number of hydrogen-bond donors (Lipinski definition) is 1. The summed E-state index contributed by atoms with van der Waals surface area (Å²) in [7, 11) is 0. The summed E-state index contributed by atoms with van der Waals surface area (Å²) in [6, 6.07) is 4.33. The SMILES string of the molecule is CCOCCNCc1ccc(C)s1. The molecule has 0 atom stereocenters. The van der Waals surface area contributed by atoms with Crippen LogP contribution in [-0.4, -0.2) is 19.8 Å². The van der Waals surface area contributed by atoms with Crippen molar-refractivity contribution in [1.82, 2.24) is 5.32 Å². The summed E-state index contributed by atoms with van der Waals surface area (Å²) < 4.78 is 5.22. The van der Waals surface area contributed by atoms with Crippen molar-refractivity contribution >= 4 is 11.3 Å². The highest BCUT2D eigenvalue weighted by Crippen LogP contribution is 2.14. The zero-order chi connectivity index (χ0) is 9.52. The van der Waals surface area contributed by atoms with E-state index in [1.807, 2.05) is 18.3 Å². The van der Waals surface area contributed by atoms with Crippen molar-refractivity contribution in [3.8, 4) is 0 Å². The summed E-state index contributed by atoms with van der Waals surface area (Å²) in [5.74, 6) is 0. The van der Waals surface area contributed by atoms with Crippen LogP contribution in [0.25, 0.3) is 0 Å². The summed E-state index contributed by atoms with van der Waals surface area (Å²) in [6.07, 6.45) is 0. The number of aryl methyl sites for hydroxylation is 1. The van der Waals surface area contributed by atoms with Gasteiger partial charge in [-0.2, -0.15) is 0 Å². The molecule has 1 aromatic rings. The molecule has 74 valence electrons. The van der Waals surface area contributed by atoms with Crippen molar-refractivity contribution in [2.24, 2.45) is 0 Å². The van der Waals surface area contributed by atoms with Gasteiger partial charge >= 0.3 is 0 Å². The van der Waals surface area contributed by atoms with E-state index in [1.54, 1.807) is 0 Å². The molecule has 0 aliphatic rings. The maximum atomic E-state index is 5.22. The zero-order valence-electron chi connectivity index (χ0n) is 8.30. The smallest absolute Gasteiger partial charge is 0.0590 e. The van der Waals surface area contributed by atoms with Crippen LogP contribution in [0, 0.1) is 6.92 Å². The third-order valence-electron chi connectivity index (χ3n) is 1.72. The maximum absolute atomic E-state index is 5.22. The van der Waals surface area contributed by atoms with Gasteiger partial charge in [0.1, 0.15) is 0 Å². The highest BCUT2D eigenvalue weighted by atomic mass is 32.1. The van der Waals surface area contributed by atoms with Crippen LogP contribution in [0.3, 0.4) is 0 Å². The molecule has 3 heteroatoms. The van der Waals surface area contributed by atoms with Crippen molar-refractivity contribution < 1.29 is 4.74 Å². The first-order valence-corrected chi connectivity index (χ1v) is 5.48. The minimum absolute atomic E-state index is 0.805. The Morgan fingerprint density at radius 3 is 2.92 bits per heavy atom. The summed E-state index contributed by atoms with van der Waals surface area (Å²) in [6.45, 7) is 7.66. The fraction of sp³-hybridized carbons (Fsp3) is 0.600. The molecule has 0 aliphatic carbocycles. The molecule has 1 aromatic heterocycles. The van der Waals surface area contributed by atoms with E-state index in [0.717, 1.165) is 26.3 Å². The van der Waals surface area contributed by atoms with Gasteiger partial charge in [-0.15, -0.1) is 11.3 Å². The van der Waals surface area contributed by atoms with Gasteiger partial charge < -0.3 is 10.1 Å². The molecule has 0 spiro atoms. The van der Waals surface area contributed by atoms with Crippen LogP contribution in [0.15, 0.2) is 12.1 Å². The van der Waals surface area contributed by atoms with Gasteiger partial charge in [0.05, 0.1) is 6.61 Å². The maximum Gasteiger partial charge on any atom is 0.0590 e. The first-order chi connectivity index (χ1) is 6.33. The Bertz CT molecular complexity index is 235. The topological polar surface area (TPSA) is 21.3 Å². The molecule has 2 nitrogen and oxygen atoms in total. The van der Waals surface area contributed by atoms with Crippen molar-refractivity contribution in [2.75, 3.05) is 19.8 Å². The lowest BCUT2D eigenvalue weighted by Crippen LogP contribution is -2.18. The quantitative estimate of drug-likeness (QED) is 0.709. The molecule has 1 N–H and O–H groups in total. The molecule has 1 heterocycles. The minimum Gasteiger partial charge on any atom is -0.380 e. The Morgan fingerprint density at radius 1 is 1.46 bits per heavy atom. The standard InChI is InChI=1S/C10H17NOS/c1-3-12-7-6-11-8-10-5-4-9(2)13-10/h4-5,11H,3,6-8H2,1-2H3. The monoisotopic (exact) mass is 199 g/mol. The highest BCUT2D eigenvalue weighted by molar-refractivity contribution is 7.11. The van der Waals surface area contributed by atoms with Crippen LogP contribution in [0.4, 0.5) is 0 Å². The largest absolute Gasteiger partial charge is 0.380 e. The lowest BCUT2D eigenvalue weighted by Gasteiger charge is -2.02. The second kappa shape index (κ2) is 6.13. The molecule has 0 unspecified atom stereocenters. The minimum atomic E-state index is 0.805. The number of rotatable bonds is 6. The average molecular weight is 199 g/mol. The number of nitrogens with one attached hydrogen (secondary N) is 1. The highest BCUT2D eigenvalue weighted by Gasteiger charge is 1.94. The van der Waals surface area contributed by atoms with Crippen LogP contribution in [0.2, 0.25) is 0 Å². The third-order valence-corrected chi connectivity index (χ3v) is 2.72. The van der Waals surface area contributed by atoms with Crippen LogP contribution >= 0.6 is 11.3 Å². The van der Waals surface area contributed by atoms with Crippen LogP contribution in [0.5, 0.6) is 0 Å². The van der Waals surface area contributed by atoms with Crippen LogP contribution in [-0.2, 0) is 11.3 Å². The van der Waals surface area contributed by atoms with Gasteiger partial charge in [0.25, 0.3) is 0 Å². The van der Waals surface area contributed by atoms with Gasteiger partial charge in [-0.3, -0.25) is 0 Å². The van der Waals surface area contributed by atoms with E-state index in [-0.39, 0.29) is 0 Å². The van der Waals surface area contributed by atoms with Gasteiger partial charge in [-0.25, -0.2) is 0 Å². The number of ether oxygens (including phenoxy) is 1. The molecule has 0 aromatic carbocycles. The molecule has 0 aliphatic heterocycles. The van der Waals surface area contributed by atoms with Gasteiger partial charge in [-0.05, 0) is 26.0 Å². The van der Waals surface area contributed by atoms with Crippen molar-refractivity contribution in [2.45, 2.75) is 20.4 Å². The zero-order valence-corrected chi connectivity index (χ0v) is 9.12. The van der Waals surface area contributed by atoms with Gasteiger partial charge in [0.15, 0.2) is 0 Å². The van der Waals surface area contributed by atoms with Crippen molar-refractivity contribution in [3.63, 3.8) is 0 Å². The Hall–Kier alpha value is -0.380. The molecule has 0 radical (unpaired) electrons. The molecule has 13 heavy (non-hydrogen) atoms. The molecule has 0 saturated heterocycles. The molecular weight excluding hydrogens is 182 g/mol. The predicted octanol–water partition coefficient (Wildman–Crippen LogP) is 2.18. The normalized spacial score (nSPS) is 10.6. The van der Waals surface area contributed by atoms with E-state index < -0.39 is 0 Å². The van der Waals surface area contributed by atoms with Crippen molar-refractivity contribution in [1.29, 1.82) is 0 Å². The second-order valence-electron chi connectivity index (χ2n) is 2.89. The predicted molar refractivity (Wildman–Crippen MR) is 57.3 cm³/mol. The summed E-state index contributed by atoms with van der Waals surface area (Å²) in [4.78, 5) is 2.77. The lowest BCUT2D eigenvalue weighted by atomic mass is 10.4. The van der Waals surface area contributed by atoms with E-state index >= 15 is 0 Å². The number of thiophene rings is 1. The van der Waals surface area contributed by atoms with E-state index in [1.165, 1.54) is 9.75 Å². The van der Waals surface area contributed by atoms with Crippen LogP contribution in [0.1, 0.15) is 16.7 Å². The summed E-state index contributed by atoms with van der Waals surface area (Å²) >= 11 is 1.85. The van der Waals surface area contributed by atoms with E-state index in [4.69, 9.17) is 4.74 Å². The summed E-state index contributed by atoms with van der Waals surface area (Å²) in [5, 5.41) is 3.34. The molecule has 0 fully saturated rings. The van der Waals surface area contributed by atoms with Gasteiger partial charge in [0, 0.05) is 29.5 Å². The molecule has 0 bridgehead atoms. The molecule has 0 saturated carbocycles. The third kappa shape index (κ3) is 4.41. The Morgan fingerprint density at radius 2 is 2.31 bits per heavy atom. The summed E-state index contributed by atoms with van der Waals surface area (Å²) in [5.41, 5.74) is 0. The Labute approximate surface area is 83.9 Å². The van der Waals surface area contributed by atoms with E-state index in [9.17, 15) is 0 Å². The number of hydrogen-bond acceptors (Lipinski definition) is 3. The van der Waals surface area contributed by atoms with Crippen molar-refractivity contribution in [3.05, 3.63) is 21.9 Å². The first-order valence-electron chi connectivity index (χ1n) is 4.66. The van der Waals surface area contributed by atoms with Gasteiger partial charge in [0.2, 0.25) is 0 Å².